The first-order valence-corrected chi connectivity index (χ1v) is 27.7. The van der Waals surface area contributed by atoms with Gasteiger partial charge in [-0.15, -0.1) is 0 Å². The molecule has 346 valence electrons. The average molecular weight is 841 g/mol. The van der Waals surface area contributed by atoms with Gasteiger partial charge < -0.3 is 9.47 Å². The predicted octanol–water partition coefficient (Wildman–Crippen LogP) is 16.3. The molecular weight excluding hydrogens is 741 g/mol. The van der Waals surface area contributed by atoms with Crippen LogP contribution in [0.4, 0.5) is 0 Å². The van der Waals surface area contributed by atoms with Crippen molar-refractivity contribution in [1.82, 2.24) is 0 Å². The largest absolute Gasteiger partial charge is 0.462 e. The highest BCUT2D eigenvalue weighted by atomic mass is 32.2. The maximum absolute atomic E-state index is 13.1. The van der Waals surface area contributed by atoms with Crippen molar-refractivity contribution in [3.8, 4) is 0 Å². The highest BCUT2D eigenvalue weighted by Crippen LogP contribution is 2.17. The first kappa shape index (κ1) is 56.9. The summed E-state index contributed by atoms with van der Waals surface area (Å²) in [5.41, 5.74) is 0. The van der Waals surface area contributed by atoms with Gasteiger partial charge in [0.25, 0.3) is 0 Å². The lowest BCUT2D eigenvalue weighted by molar-refractivity contribution is -0.157. The lowest BCUT2D eigenvalue weighted by atomic mass is 10.0. The number of carbonyl (C=O) groups is 2. The molecule has 7 heteroatoms. The summed E-state index contributed by atoms with van der Waals surface area (Å²) >= 11 is 0. The highest BCUT2D eigenvalue weighted by molar-refractivity contribution is 7.91. The van der Waals surface area contributed by atoms with E-state index in [1.54, 1.807) is 0 Å². The van der Waals surface area contributed by atoms with Crippen LogP contribution in [0.15, 0.2) is 0 Å². The first-order valence-electron chi connectivity index (χ1n) is 25.9. The van der Waals surface area contributed by atoms with Crippen molar-refractivity contribution in [2.24, 2.45) is 0 Å². The Morgan fingerprint density at radius 2 is 0.621 bits per heavy atom. The van der Waals surface area contributed by atoms with E-state index in [1.165, 1.54) is 193 Å². The zero-order valence-electron chi connectivity index (χ0n) is 39.3. The van der Waals surface area contributed by atoms with Gasteiger partial charge in [0.2, 0.25) is 0 Å². The number of ether oxygens (including phenoxy) is 2. The first-order chi connectivity index (χ1) is 28.3. The second-order valence-corrected chi connectivity index (χ2v) is 20.2. The molecule has 0 N–H and O–H groups in total. The number of esters is 2. The zero-order valence-corrected chi connectivity index (χ0v) is 40.1. The van der Waals surface area contributed by atoms with Gasteiger partial charge in [-0.3, -0.25) is 9.59 Å². The Bertz CT molecular complexity index is 966. The Morgan fingerprint density at radius 1 is 0.362 bits per heavy atom. The summed E-state index contributed by atoms with van der Waals surface area (Å²) in [6.45, 7) is 6.60. The Hall–Kier alpha value is -1.11. The fourth-order valence-electron chi connectivity index (χ4n) is 8.08. The molecule has 0 aromatic rings. The molecule has 0 aromatic heterocycles. The topological polar surface area (TPSA) is 86.7 Å². The van der Waals surface area contributed by atoms with E-state index >= 15 is 0 Å². The lowest BCUT2D eigenvalue weighted by Gasteiger charge is -2.18. The summed E-state index contributed by atoms with van der Waals surface area (Å²) in [6, 6.07) is 0. The maximum Gasteiger partial charge on any atom is 0.306 e. The van der Waals surface area contributed by atoms with Crippen molar-refractivity contribution >= 4 is 21.8 Å². The van der Waals surface area contributed by atoms with Gasteiger partial charge in [-0.2, -0.15) is 0 Å². The minimum absolute atomic E-state index is 0.0881. The molecule has 0 heterocycles. The van der Waals surface area contributed by atoms with Gasteiger partial charge in [0, 0.05) is 12.8 Å². The van der Waals surface area contributed by atoms with Crippen molar-refractivity contribution in [2.45, 2.75) is 297 Å². The van der Waals surface area contributed by atoms with E-state index in [4.69, 9.17) is 9.47 Å². The van der Waals surface area contributed by atoms with E-state index in [0.717, 1.165) is 57.8 Å². The molecule has 0 amide bonds. The quantitative estimate of drug-likeness (QED) is 0.0448. The minimum Gasteiger partial charge on any atom is -0.462 e. The second-order valence-electron chi connectivity index (χ2n) is 18.0. The normalized spacial score (nSPS) is 12.3. The smallest absolute Gasteiger partial charge is 0.306 e. The van der Waals surface area contributed by atoms with Gasteiger partial charge >= 0.3 is 11.9 Å². The van der Waals surface area contributed by atoms with Crippen LogP contribution >= 0.6 is 0 Å². The van der Waals surface area contributed by atoms with Crippen LogP contribution in [-0.4, -0.2) is 44.6 Å². The van der Waals surface area contributed by atoms with E-state index in [2.05, 4.69) is 20.8 Å². The molecule has 0 radical (unpaired) electrons. The summed E-state index contributed by atoms with van der Waals surface area (Å²) in [5, 5.41) is 0. The van der Waals surface area contributed by atoms with Crippen LogP contribution in [0, 0.1) is 0 Å². The number of carbonyl (C=O) groups excluding carboxylic acids is 2. The molecule has 1 atom stereocenters. The van der Waals surface area contributed by atoms with Gasteiger partial charge in [0.15, 0.2) is 9.84 Å². The number of rotatable bonds is 48. The van der Waals surface area contributed by atoms with Crippen LogP contribution in [0.25, 0.3) is 0 Å². The zero-order chi connectivity index (χ0) is 42.5. The van der Waals surface area contributed by atoms with Crippen molar-refractivity contribution in [1.29, 1.82) is 0 Å². The fourth-order valence-corrected chi connectivity index (χ4v) is 9.62. The summed E-state index contributed by atoms with van der Waals surface area (Å²) in [5.74, 6) is -0.899. The molecule has 0 saturated carbocycles. The monoisotopic (exact) mass is 841 g/mol. The molecule has 6 nitrogen and oxygen atoms in total. The van der Waals surface area contributed by atoms with Gasteiger partial charge in [0.05, 0.1) is 11.5 Å². The Labute approximate surface area is 362 Å². The summed E-state index contributed by atoms with van der Waals surface area (Å²) in [4.78, 5) is 25.4. The minimum atomic E-state index is -3.45. The third-order valence-electron chi connectivity index (χ3n) is 11.9. The van der Waals surface area contributed by atoms with Gasteiger partial charge in [-0.1, -0.05) is 258 Å². The van der Waals surface area contributed by atoms with Gasteiger partial charge in [-0.05, 0) is 19.3 Å². The third-order valence-corrected chi connectivity index (χ3v) is 13.7. The van der Waals surface area contributed by atoms with E-state index in [9.17, 15) is 18.0 Å². The van der Waals surface area contributed by atoms with Crippen LogP contribution in [-0.2, 0) is 28.9 Å². The van der Waals surface area contributed by atoms with Crippen molar-refractivity contribution in [2.75, 3.05) is 18.1 Å². The molecule has 0 rings (SSSR count). The predicted molar refractivity (Wildman–Crippen MR) is 250 cm³/mol. The Morgan fingerprint density at radius 3 is 0.931 bits per heavy atom. The summed E-state index contributed by atoms with van der Waals surface area (Å²) in [6.07, 6.45) is 48.9. The molecular formula is C51H100O6S. The maximum atomic E-state index is 13.1. The molecule has 0 aliphatic carbocycles. The summed E-state index contributed by atoms with van der Waals surface area (Å²) in [7, 11) is -3.45. The SMILES string of the molecule is CCCCCCCCCCCCCCCCS(=O)(=O)CC(COC(=O)CCCCCCCCCCCCCCC)OC(=O)CCCCCCCCCCCCCCC. The van der Waals surface area contributed by atoms with E-state index in [0.29, 0.717) is 12.8 Å². The lowest BCUT2D eigenvalue weighted by Crippen LogP contribution is -2.33. The molecule has 0 aliphatic rings. The number of sulfone groups is 1. The molecule has 1 unspecified atom stereocenters. The second kappa shape index (κ2) is 45.4. The molecule has 0 bridgehead atoms. The standard InChI is InChI=1S/C51H100O6S/c1-4-7-10-13-16-19-22-25-28-31-34-37-40-43-46-58(54,55)48-49(57-51(53)45-42-39-36-33-30-27-24-21-18-15-12-9-6-3)47-56-50(52)44-41-38-35-32-29-26-23-20-17-14-11-8-5-2/h49H,4-48H2,1-3H3. The number of hydrogen-bond donors (Lipinski definition) is 0. The van der Waals surface area contributed by atoms with Crippen molar-refractivity contribution < 1.29 is 27.5 Å². The highest BCUT2D eigenvalue weighted by Gasteiger charge is 2.24. The molecule has 0 fully saturated rings. The Balaban J connectivity index is 4.45. The van der Waals surface area contributed by atoms with Crippen molar-refractivity contribution in [3.63, 3.8) is 0 Å². The third kappa shape index (κ3) is 44.4. The fraction of sp³-hybridized carbons (Fsp3) is 0.961. The number of unbranched alkanes of at least 4 members (excludes halogenated alkanes) is 37. The van der Waals surface area contributed by atoms with E-state index in [1.807, 2.05) is 0 Å². The average Bonchev–Trinajstić information content (AvgIpc) is 3.20. The van der Waals surface area contributed by atoms with Crippen LogP contribution in [0.1, 0.15) is 290 Å². The molecule has 0 saturated heterocycles. The van der Waals surface area contributed by atoms with Gasteiger partial charge in [0.1, 0.15) is 12.7 Å². The van der Waals surface area contributed by atoms with Crippen LogP contribution in [0.2, 0.25) is 0 Å². The molecule has 0 spiro atoms. The van der Waals surface area contributed by atoms with E-state index in [-0.39, 0.29) is 36.5 Å². The van der Waals surface area contributed by atoms with Crippen molar-refractivity contribution in [3.05, 3.63) is 0 Å². The van der Waals surface area contributed by atoms with Gasteiger partial charge in [-0.25, -0.2) is 8.42 Å². The molecule has 0 aromatic carbocycles. The van der Waals surface area contributed by atoms with E-state index < -0.39 is 15.9 Å². The number of hydrogen-bond acceptors (Lipinski definition) is 6. The molecule has 0 aliphatic heterocycles. The Kier molecular flexibility index (Phi) is 44.5. The van der Waals surface area contributed by atoms with Crippen LogP contribution in [0.5, 0.6) is 0 Å². The summed E-state index contributed by atoms with van der Waals surface area (Å²) < 4.78 is 37.5. The molecule has 58 heavy (non-hydrogen) atoms. The van der Waals surface area contributed by atoms with Crippen LogP contribution in [0.3, 0.4) is 0 Å². The van der Waals surface area contributed by atoms with Crippen LogP contribution < -0.4 is 0 Å².